The van der Waals surface area contributed by atoms with Gasteiger partial charge in [0.05, 0.1) is 11.0 Å². The molecule has 3 heteroatoms. The van der Waals surface area contributed by atoms with Crippen LogP contribution in [0.15, 0.2) is 0 Å². The van der Waals surface area contributed by atoms with Crippen molar-refractivity contribution in [1.29, 1.82) is 5.41 Å². The number of ketones is 1. The van der Waals surface area contributed by atoms with E-state index in [9.17, 15) is 4.79 Å². The first kappa shape index (κ1) is 9.69. The molecule has 0 aromatic rings. The van der Waals surface area contributed by atoms with Gasteiger partial charge < -0.3 is 0 Å². The van der Waals surface area contributed by atoms with Gasteiger partial charge in [0.15, 0.2) is 0 Å². The van der Waals surface area contributed by atoms with Gasteiger partial charge in [0.2, 0.25) is 0 Å². The smallest absolute Gasteiger partial charge is 0.142 e. The van der Waals surface area contributed by atoms with Crippen LogP contribution in [0.5, 0.6) is 0 Å². The Balaban J connectivity index is 3.82. The van der Waals surface area contributed by atoms with E-state index in [1.807, 2.05) is 6.92 Å². The molecule has 0 saturated heterocycles. The molecule has 1 N–H and O–H groups in total. The van der Waals surface area contributed by atoms with Crippen LogP contribution in [0, 0.1) is 11.3 Å². The second-order valence-electron chi connectivity index (χ2n) is 2.32. The minimum atomic E-state index is -0.303. The molecule has 0 spiro atoms. The Morgan fingerprint density at radius 2 is 2.20 bits per heavy atom. The molecule has 1 unspecified atom stereocenters. The van der Waals surface area contributed by atoms with E-state index in [1.165, 1.54) is 0 Å². The first-order chi connectivity index (χ1) is 4.59. The van der Waals surface area contributed by atoms with E-state index in [2.05, 4.69) is 12.6 Å². The molecular weight excluding hydrogens is 146 g/mol. The van der Waals surface area contributed by atoms with E-state index < -0.39 is 0 Å². The molecule has 0 heterocycles. The minimum Gasteiger partial charge on any atom is -0.299 e. The lowest BCUT2D eigenvalue weighted by molar-refractivity contribution is -0.120. The van der Waals surface area contributed by atoms with E-state index in [-0.39, 0.29) is 16.7 Å². The molecule has 0 aliphatic carbocycles. The fourth-order valence-corrected chi connectivity index (χ4v) is 0.759. The summed E-state index contributed by atoms with van der Waals surface area (Å²) in [5.74, 6) is -0.189. The zero-order chi connectivity index (χ0) is 8.15. The Bertz CT molecular complexity index is 145. The van der Waals surface area contributed by atoms with Gasteiger partial charge in [-0.05, 0) is 13.3 Å². The maximum atomic E-state index is 11.0. The largest absolute Gasteiger partial charge is 0.299 e. The van der Waals surface area contributed by atoms with Gasteiger partial charge in [0, 0.05) is 6.42 Å². The Hall–Kier alpha value is -0.310. The number of nitrogens with one attached hydrogen (secondary N) is 1. The van der Waals surface area contributed by atoms with E-state index >= 15 is 0 Å². The quantitative estimate of drug-likeness (QED) is 0.367. The third kappa shape index (κ3) is 3.01. The SMILES string of the molecule is CCCC(=O)C(C)C(=N)S. The summed E-state index contributed by atoms with van der Waals surface area (Å²) in [6, 6.07) is 0. The van der Waals surface area contributed by atoms with E-state index in [0.717, 1.165) is 6.42 Å². The molecule has 0 rings (SSSR count). The maximum absolute atomic E-state index is 11.0. The van der Waals surface area contributed by atoms with Crippen molar-refractivity contribution in [3.8, 4) is 0 Å². The average Bonchev–Trinajstić information content (AvgIpc) is 1.87. The minimum absolute atomic E-state index is 0.113. The lowest BCUT2D eigenvalue weighted by atomic mass is 10.0. The predicted molar refractivity (Wildman–Crippen MR) is 45.8 cm³/mol. The van der Waals surface area contributed by atoms with Crippen LogP contribution in [-0.4, -0.2) is 10.8 Å². The summed E-state index contributed by atoms with van der Waals surface area (Å²) in [7, 11) is 0. The van der Waals surface area contributed by atoms with Gasteiger partial charge in [-0.1, -0.05) is 6.92 Å². The fourth-order valence-electron chi connectivity index (χ4n) is 0.615. The molecule has 0 aliphatic rings. The normalized spacial score (nSPS) is 12.7. The molecule has 1 atom stereocenters. The number of thiol groups is 1. The Morgan fingerprint density at radius 1 is 1.70 bits per heavy atom. The topological polar surface area (TPSA) is 40.9 Å². The molecule has 0 bridgehead atoms. The van der Waals surface area contributed by atoms with Crippen LogP contribution in [0.2, 0.25) is 0 Å². The molecular formula is C7H13NOS. The average molecular weight is 159 g/mol. The van der Waals surface area contributed by atoms with Crippen LogP contribution >= 0.6 is 12.6 Å². The molecule has 0 radical (unpaired) electrons. The maximum Gasteiger partial charge on any atom is 0.142 e. The monoisotopic (exact) mass is 159 g/mol. The van der Waals surface area contributed by atoms with Crippen LogP contribution in [-0.2, 0) is 4.79 Å². The van der Waals surface area contributed by atoms with Crippen molar-refractivity contribution in [2.75, 3.05) is 0 Å². The van der Waals surface area contributed by atoms with Gasteiger partial charge in [0.1, 0.15) is 5.78 Å². The number of carbonyl (C=O) groups excluding carboxylic acids is 1. The Labute approximate surface area is 66.9 Å². The van der Waals surface area contributed by atoms with Gasteiger partial charge in [-0.3, -0.25) is 10.2 Å². The molecule has 0 aromatic carbocycles. The second-order valence-corrected chi connectivity index (χ2v) is 2.81. The van der Waals surface area contributed by atoms with Gasteiger partial charge in [0.25, 0.3) is 0 Å². The summed E-state index contributed by atoms with van der Waals surface area (Å²) in [5, 5.41) is 7.22. The second kappa shape index (κ2) is 4.50. The van der Waals surface area contributed by atoms with Crippen LogP contribution in [0.4, 0.5) is 0 Å². The van der Waals surface area contributed by atoms with Crippen LogP contribution in [0.1, 0.15) is 26.7 Å². The Kier molecular flexibility index (Phi) is 4.36. The summed E-state index contributed by atoms with van der Waals surface area (Å²) < 4.78 is 0. The molecule has 2 nitrogen and oxygen atoms in total. The number of rotatable bonds is 4. The van der Waals surface area contributed by atoms with Gasteiger partial charge in [-0.25, -0.2) is 0 Å². The first-order valence-corrected chi connectivity index (χ1v) is 3.84. The van der Waals surface area contributed by atoms with Crippen LogP contribution in [0.25, 0.3) is 0 Å². The summed E-state index contributed by atoms with van der Waals surface area (Å²) in [4.78, 5) is 11.0. The van der Waals surface area contributed by atoms with Gasteiger partial charge in [-0.15, -0.1) is 12.6 Å². The van der Waals surface area contributed by atoms with Crippen LogP contribution in [0.3, 0.4) is 0 Å². The molecule has 10 heavy (non-hydrogen) atoms. The summed E-state index contributed by atoms with van der Waals surface area (Å²) in [5.41, 5.74) is 0. The molecule has 0 aliphatic heterocycles. The fraction of sp³-hybridized carbons (Fsp3) is 0.714. The van der Waals surface area contributed by atoms with E-state index in [1.54, 1.807) is 6.92 Å². The number of carbonyl (C=O) groups is 1. The zero-order valence-corrected chi connectivity index (χ0v) is 7.24. The lowest BCUT2D eigenvalue weighted by Gasteiger charge is -2.05. The molecule has 0 fully saturated rings. The third-order valence-electron chi connectivity index (χ3n) is 1.39. The van der Waals surface area contributed by atoms with Crippen molar-refractivity contribution in [3.05, 3.63) is 0 Å². The lowest BCUT2D eigenvalue weighted by Crippen LogP contribution is -2.15. The number of hydrogen-bond acceptors (Lipinski definition) is 2. The molecule has 0 saturated carbocycles. The molecule has 0 aromatic heterocycles. The first-order valence-electron chi connectivity index (χ1n) is 3.39. The molecule has 58 valence electrons. The third-order valence-corrected chi connectivity index (χ3v) is 1.78. The van der Waals surface area contributed by atoms with Crippen molar-refractivity contribution in [1.82, 2.24) is 0 Å². The van der Waals surface area contributed by atoms with Crippen LogP contribution < -0.4 is 0 Å². The highest BCUT2D eigenvalue weighted by atomic mass is 32.1. The highest BCUT2D eigenvalue weighted by Crippen LogP contribution is 2.06. The number of hydrogen-bond donors (Lipinski definition) is 2. The highest BCUT2D eigenvalue weighted by Gasteiger charge is 2.13. The van der Waals surface area contributed by atoms with E-state index in [0.29, 0.717) is 6.42 Å². The highest BCUT2D eigenvalue weighted by molar-refractivity contribution is 7.96. The zero-order valence-electron chi connectivity index (χ0n) is 6.35. The number of Topliss-reactive ketones (excluding diaryl/α,β-unsaturated/α-hetero) is 1. The van der Waals surface area contributed by atoms with Crippen molar-refractivity contribution in [2.45, 2.75) is 26.7 Å². The standard InChI is InChI=1S/C7H13NOS/c1-3-4-6(9)5(2)7(8)10/h5H,3-4H2,1-2H3,(H2,8,10). The van der Waals surface area contributed by atoms with E-state index in [4.69, 9.17) is 5.41 Å². The van der Waals surface area contributed by atoms with Crippen molar-refractivity contribution < 1.29 is 4.79 Å². The molecule has 0 amide bonds. The van der Waals surface area contributed by atoms with Crippen molar-refractivity contribution in [3.63, 3.8) is 0 Å². The predicted octanol–water partition coefficient (Wildman–Crippen LogP) is 1.90. The summed E-state index contributed by atoms with van der Waals surface area (Å²) in [6.07, 6.45) is 1.41. The van der Waals surface area contributed by atoms with Crippen molar-refractivity contribution >= 4 is 23.5 Å². The van der Waals surface area contributed by atoms with Gasteiger partial charge in [-0.2, -0.15) is 0 Å². The van der Waals surface area contributed by atoms with Gasteiger partial charge >= 0.3 is 0 Å². The van der Waals surface area contributed by atoms with Crippen molar-refractivity contribution in [2.24, 2.45) is 5.92 Å². The summed E-state index contributed by atoms with van der Waals surface area (Å²) in [6.45, 7) is 3.67. The Morgan fingerprint density at radius 3 is 2.50 bits per heavy atom. The summed E-state index contributed by atoms with van der Waals surface area (Å²) >= 11 is 3.79.